The van der Waals surface area contributed by atoms with E-state index in [9.17, 15) is 0 Å². The van der Waals surface area contributed by atoms with Crippen molar-refractivity contribution in [1.82, 2.24) is 10.6 Å². The first-order valence-corrected chi connectivity index (χ1v) is 17.6. The van der Waals surface area contributed by atoms with E-state index in [0.717, 1.165) is 11.1 Å². The van der Waals surface area contributed by atoms with Gasteiger partial charge in [0, 0.05) is 26.7 Å². The molecule has 1 heterocycles. The van der Waals surface area contributed by atoms with Gasteiger partial charge in [0.15, 0.2) is 0 Å². The number of fused-ring (bicyclic) bond motifs is 7. The van der Waals surface area contributed by atoms with E-state index >= 15 is 0 Å². The Morgan fingerprint density at radius 1 is 0.469 bits per heavy atom. The zero-order valence-electron chi connectivity index (χ0n) is 26.9. The minimum atomic E-state index is -0.356. The van der Waals surface area contributed by atoms with Crippen LogP contribution in [0.4, 0.5) is 0 Å². The standard InChI is InChI=1S/C45H35N3S/c46-44(30-12-2-1-3-13-30)48-45(34-16-10-15-31(25-34)32-22-24-39-38-19-8-9-20-42(38)49-43(39)27-32)47-28-41-36-18-7-5-14-33(36)26-40-35-17-6-4-11-29(35)21-23-37(40)41/h1-27,44-45,47-48H,28,46H2. The lowest BCUT2D eigenvalue weighted by atomic mass is 9.93. The normalized spacial score (nSPS) is 13.1. The maximum absolute atomic E-state index is 6.84. The zero-order chi connectivity index (χ0) is 32.7. The van der Waals surface area contributed by atoms with Crippen molar-refractivity contribution >= 4 is 63.8 Å². The number of nitrogens with two attached hydrogens (primary N) is 1. The Morgan fingerprint density at radius 2 is 1.14 bits per heavy atom. The number of hydrogen-bond donors (Lipinski definition) is 3. The second-order valence-electron chi connectivity index (χ2n) is 12.8. The van der Waals surface area contributed by atoms with Crippen molar-refractivity contribution in [2.75, 3.05) is 0 Å². The highest BCUT2D eigenvalue weighted by Crippen LogP contribution is 2.37. The molecular formula is C45H35N3S. The molecule has 4 N–H and O–H groups in total. The number of benzene rings is 8. The molecule has 8 aromatic carbocycles. The zero-order valence-corrected chi connectivity index (χ0v) is 27.8. The molecule has 0 radical (unpaired) electrons. The monoisotopic (exact) mass is 649 g/mol. The molecule has 4 heteroatoms. The van der Waals surface area contributed by atoms with Crippen molar-refractivity contribution in [2.24, 2.45) is 5.73 Å². The van der Waals surface area contributed by atoms with E-state index in [1.165, 1.54) is 69.2 Å². The lowest BCUT2D eigenvalue weighted by Gasteiger charge is -2.26. The van der Waals surface area contributed by atoms with Crippen molar-refractivity contribution in [1.29, 1.82) is 0 Å². The first-order valence-electron chi connectivity index (χ1n) is 16.8. The molecule has 0 spiro atoms. The lowest BCUT2D eigenvalue weighted by molar-refractivity contribution is 0.387. The van der Waals surface area contributed by atoms with Gasteiger partial charge in [-0.1, -0.05) is 140 Å². The Kier molecular flexibility index (Phi) is 7.64. The summed E-state index contributed by atoms with van der Waals surface area (Å²) in [6.45, 7) is 0.660. The molecule has 0 aliphatic rings. The maximum Gasteiger partial charge on any atom is 0.0852 e. The van der Waals surface area contributed by atoms with Gasteiger partial charge in [0.05, 0.1) is 12.3 Å². The molecule has 1 aromatic heterocycles. The molecule has 0 aliphatic heterocycles. The molecule has 0 saturated carbocycles. The van der Waals surface area contributed by atoms with E-state index < -0.39 is 0 Å². The van der Waals surface area contributed by atoms with Crippen LogP contribution in [0.5, 0.6) is 0 Å². The summed E-state index contributed by atoms with van der Waals surface area (Å²) < 4.78 is 2.62. The van der Waals surface area contributed by atoms with Gasteiger partial charge >= 0.3 is 0 Å². The van der Waals surface area contributed by atoms with Crippen LogP contribution >= 0.6 is 11.3 Å². The summed E-state index contributed by atoms with van der Waals surface area (Å²) in [5, 5.41) is 17.9. The van der Waals surface area contributed by atoms with Crippen LogP contribution in [0.1, 0.15) is 29.0 Å². The molecule has 49 heavy (non-hydrogen) atoms. The first-order chi connectivity index (χ1) is 24.2. The molecule has 0 saturated heterocycles. The summed E-state index contributed by atoms with van der Waals surface area (Å²) >= 11 is 1.85. The minimum absolute atomic E-state index is 0.210. The van der Waals surface area contributed by atoms with Crippen LogP contribution in [-0.2, 0) is 6.54 Å². The Bertz CT molecular complexity index is 2620. The fourth-order valence-electron chi connectivity index (χ4n) is 7.32. The third-order valence-corrected chi connectivity index (χ3v) is 10.9. The fraction of sp³-hybridized carbons (Fsp3) is 0.0667. The molecule has 0 amide bonds. The van der Waals surface area contributed by atoms with Crippen LogP contribution < -0.4 is 16.4 Å². The van der Waals surface area contributed by atoms with Gasteiger partial charge in [0.2, 0.25) is 0 Å². The highest BCUT2D eigenvalue weighted by molar-refractivity contribution is 7.25. The first kappa shape index (κ1) is 29.8. The van der Waals surface area contributed by atoms with Crippen LogP contribution in [0.3, 0.4) is 0 Å². The Hall–Kier alpha value is -5.36. The van der Waals surface area contributed by atoms with Gasteiger partial charge in [0.25, 0.3) is 0 Å². The van der Waals surface area contributed by atoms with E-state index in [1.807, 2.05) is 29.5 Å². The molecule has 0 aliphatic carbocycles. The predicted molar refractivity (Wildman–Crippen MR) is 210 cm³/mol. The highest BCUT2D eigenvalue weighted by atomic mass is 32.1. The van der Waals surface area contributed by atoms with Gasteiger partial charge in [-0.15, -0.1) is 11.3 Å². The van der Waals surface area contributed by atoms with E-state index in [1.54, 1.807) is 0 Å². The number of hydrogen-bond acceptors (Lipinski definition) is 4. The van der Waals surface area contributed by atoms with Gasteiger partial charge in [-0.25, -0.2) is 0 Å². The second-order valence-corrected chi connectivity index (χ2v) is 13.8. The molecule has 2 atom stereocenters. The van der Waals surface area contributed by atoms with Crippen LogP contribution in [0, 0.1) is 0 Å². The Balaban J connectivity index is 1.12. The summed E-state index contributed by atoms with van der Waals surface area (Å²) in [6, 6.07) is 58.9. The SMILES string of the molecule is NC(NC(NCc1c2ccccc2cc2c1ccc1ccccc12)c1cccc(-c2ccc3c(c2)sc2ccccc23)c1)c1ccccc1. The minimum Gasteiger partial charge on any atom is -0.312 e. The Morgan fingerprint density at radius 3 is 2.02 bits per heavy atom. The maximum atomic E-state index is 6.84. The number of nitrogens with one attached hydrogen (secondary N) is 2. The number of thiophene rings is 1. The predicted octanol–water partition coefficient (Wildman–Crippen LogP) is 11.2. The van der Waals surface area contributed by atoms with Gasteiger partial charge in [-0.3, -0.25) is 10.6 Å². The second kappa shape index (κ2) is 12.6. The smallest absolute Gasteiger partial charge is 0.0852 e. The number of rotatable bonds is 8. The molecule has 9 rings (SSSR count). The fourth-order valence-corrected chi connectivity index (χ4v) is 8.46. The average Bonchev–Trinajstić information content (AvgIpc) is 3.54. The van der Waals surface area contributed by atoms with E-state index in [4.69, 9.17) is 5.73 Å². The quantitative estimate of drug-likeness (QED) is 0.0872. The highest BCUT2D eigenvalue weighted by Gasteiger charge is 2.19. The van der Waals surface area contributed by atoms with E-state index in [0.29, 0.717) is 6.54 Å². The summed E-state index contributed by atoms with van der Waals surface area (Å²) in [5.41, 5.74) is 12.7. The van der Waals surface area contributed by atoms with Crippen molar-refractivity contribution < 1.29 is 0 Å². The van der Waals surface area contributed by atoms with E-state index in [2.05, 4.69) is 156 Å². The summed E-state index contributed by atoms with van der Waals surface area (Å²) in [4.78, 5) is 0. The van der Waals surface area contributed by atoms with Crippen LogP contribution in [-0.4, -0.2) is 0 Å². The molecule has 0 bridgehead atoms. The molecular weight excluding hydrogens is 615 g/mol. The molecule has 236 valence electrons. The topological polar surface area (TPSA) is 50.1 Å². The Labute approximate surface area is 289 Å². The third kappa shape index (κ3) is 5.55. The van der Waals surface area contributed by atoms with Gasteiger partial charge in [-0.2, -0.15) is 0 Å². The van der Waals surface area contributed by atoms with Crippen LogP contribution in [0.25, 0.3) is 63.6 Å². The molecule has 9 aromatic rings. The molecule has 2 unspecified atom stereocenters. The lowest BCUT2D eigenvalue weighted by Crippen LogP contribution is -2.39. The van der Waals surface area contributed by atoms with Crippen molar-refractivity contribution in [3.05, 3.63) is 180 Å². The van der Waals surface area contributed by atoms with Gasteiger partial charge in [0.1, 0.15) is 0 Å². The largest absolute Gasteiger partial charge is 0.312 e. The van der Waals surface area contributed by atoms with Crippen molar-refractivity contribution in [3.8, 4) is 11.1 Å². The van der Waals surface area contributed by atoms with E-state index in [-0.39, 0.29) is 12.3 Å². The molecule has 3 nitrogen and oxygen atoms in total. The summed E-state index contributed by atoms with van der Waals surface area (Å²) in [5.74, 6) is 0. The third-order valence-electron chi connectivity index (χ3n) is 9.80. The van der Waals surface area contributed by atoms with Crippen LogP contribution in [0.2, 0.25) is 0 Å². The molecule has 0 fully saturated rings. The average molecular weight is 650 g/mol. The summed E-state index contributed by atoms with van der Waals surface area (Å²) in [6.07, 6.45) is -0.567. The van der Waals surface area contributed by atoms with Gasteiger partial charge < -0.3 is 5.73 Å². The van der Waals surface area contributed by atoms with Crippen molar-refractivity contribution in [2.45, 2.75) is 18.9 Å². The van der Waals surface area contributed by atoms with Crippen molar-refractivity contribution in [3.63, 3.8) is 0 Å². The van der Waals surface area contributed by atoms with Gasteiger partial charge in [-0.05, 0) is 84.4 Å². The summed E-state index contributed by atoms with van der Waals surface area (Å²) in [7, 11) is 0. The van der Waals surface area contributed by atoms with Crippen LogP contribution in [0.15, 0.2) is 164 Å².